The highest BCUT2D eigenvalue weighted by molar-refractivity contribution is 7.92. The van der Waals surface area contributed by atoms with Crippen LogP contribution in [0.3, 0.4) is 0 Å². The minimum Gasteiger partial charge on any atom is -0.495 e. The fraction of sp³-hybridized carbons (Fsp3) is 0.345. The largest absolute Gasteiger partial charge is 0.495 e. The third kappa shape index (κ3) is 5.57. The van der Waals surface area contributed by atoms with Gasteiger partial charge in [0.1, 0.15) is 12.3 Å². The van der Waals surface area contributed by atoms with Crippen LogP contribution in [0.4, 0.5) is 5.69 Å². The molecule has 4 rings (SSSR count). The van der Waals surface area contributed by atoms with Crippen LogP contribution in [-0.2, 0) is 27.7 Å². The van der Waals surface area contributed by atoms with Crippen molar-refractivity contribution in [2.75, 3.05) is 18.0 Å². The van der Waals surface area contributed by atoms with Crippen LogP contribution in [0, 0.1) is 13.8 Å². The third-order valence-electron chi connectivity index (χ3n) is 6.75. The van der Waals surface area contributed by atoms with Gasteiger partial charge in [-0.3, -0.25) is 9.10 Å². The van der Waals surface area contributed by atoms with Crippen molar-refractivity contribution in [2.45, 2.75) is 57.4 Å². The maximum absolute atomic E-state index is 13.8. The van der Waals surface area contributed by atoms with E-state index in [0.717, 1.165) is 33.8 Å². The summed E-state index contributed by atoms with van der Waals surface area (Å²) in [6.45, 7) is 5.32. The Morgan fingerprint density at radius 3 is 2.31 bits per heavy atom. The molecule has 0 aromatic heterocycles. The Hall–Kier alpha value is -3.32. The number of rotatable bonds is 8. The van der Waals surface area contributed by atoms with Gasteiger partial charge in [-0.05, 0) is 93.0 Å². The Bertz CT molecular complexity index is 1350. The quantitative estimate of drug-likeness (QED) is 0.452. The molecule has 3 aromatic carbocycles. The van der Waals surface area contributed by atoms with Gasteiger partial charge in [-0.1, -0.05) is 42.0 Å². The van der Waals surface area contributed by atoms with E-state index in [0.29, 0.717) is 11.4 Å². The van der Waals surface area contributed by atoms with Crippen molar-refractivity contribution in [2.24, 2.45) is 0 Å². The van der Waals surface area contributed by atoms with Gasteiger partial charge in [-0.15, -0.1) is 0 Å². The Kier molecular flexibility index (Phi) is 7.69. The summed E-state index contributed by atoms with van der Waals surface area (Å²) in [5.74, 6) is -0.00807. The fourth-order valence-corrected chi connectivity index (χ4v) is 6.08. The predicted molar refractivity (Wildman–Crippen MR) is 143 cm³/mol. The summed E-state index contributed by atoms with van der Waals surface area (Å²) in [5.41, 5.74) is 5.88. The average molecular weight is 507 g/mol. The summed E-state index contributed by atoms with van der Waals surface area (Å²) >= 11 is 0. The minimum absolute atomic E-state index is 0.118. The van der Waals surface area contributed by atoms with Crippen LogP contribution >= 0.6 is 0 Å². The van der Waals surface area contributed by atoms with Gasteiger partial charge in [0.2, 0.25) is 5.91 Å². The van der Waals surface area contributed by atoms with Gasteiger partial charge in [0.05, 0.1) is 23.7 Å². The topological polar surface area (TPSA) is 75.7 Å². The number of fused-ring (bicyclic) bond motifs is 1. The van der Waals surface area contributed by atoms with Crippen molar-refractivity contribution >= 4 is 21.6 Å². The van der Waals surface area contributed by atoms with Crippen molar-refractivity contribution in [3.05, 3.63) is 88.5 Å². The molecular weight excluding hydrogens is 472 g/mol. The number of anilines is 1. The summed E-state index contributed by atoms with van der Waals surface area (Å²) in [4.78, 5) is 13.4. The molecule has 1 N–H and O–H groups in total. The van der Waals surface area contributed by atoms with Gasteiger partial charge in [0.15, 0.2) is 0 Å². The Morgan fingerprint density at radius 1 is 0.944 bits per heavy atom. The predicted octanol–water partition coefficient (Wildman–Crippen LogP) is 5.26. The van der Waals surface area contributed by atoms with Crippen LogP contribution < -0.4 is 14.4 Å². The van der Waals surface area contributed by atoms with Gasteiger partial charge < -0.3 is 10.1 Å². The standard InChI is InChI=1S/C29H34N2O4S/c1-20-9-14-26(15-10-20)36(33,34)31(27-17-21(2)11-16-28(27)35-4)19-29(32)30-22(3)24-13-12-23-7-5-6-8-25(23)18-24/h9-18,22H,5-8,19H2,1-4H3,(H,30,32)/t22-/m0/s1. The van der Waals surface area contributed by atoms with Crippen molar-refractivity contribution in [1.82, 2.24) is 5.32 Å². The number of aryl methyl sites for hydroxylation is 4. The lowest BCUT2D eigenvalue weighted by atomic mass is 9.89. The van der Waals surface area contributed by atoms with Gasteiger partial charge >= 0.3 is 0 Å². The lowest BCUT2D eigenvalue weighted by Crippen LogP contribution is -2.41. The SMILES string of the molecule is COc1ccc(C)cc1N(CC(=O)N[C@@H](C)c1ccc2c(c1)CCCC2)S(=O)(=O)c1ccc(C)cc1. The smallest absolute Gasteiger partial charge is 0.264 e. The van der Waals surface area contributed by atoms with E-state index in [2.05, 4.69) is 23.5 Å². The first-order valence-electron chi connectivity index (χ1n) is 12.3. The minimum atomic E-state index is -4.04. The van der Waals surface area contributed by atoms with Gasteiger partial charge in [0, 0.05) is 0 Å². The molecule has 7 heteroatoms. The fourth-order valence-electron chi connectivity index (χ4n) is 4.66. The molecule has 3 aromatic rings. The van der Waals surface area contributed by atoms with Crippen LogP contribution in [0.1, 0.15) is 53.6 Å². The number of ether oxygens (including phenoxy) is 1. The zero-order chi connectivity index (χ0) is 25.9. The number of hydrogen-bond acceptors (Lipinski definition) is 4. The number of amides is 1. The number of methoxy groups -OCH3 is 1. The lowest BCUT2D eigenvalue weighted by molar-refractivity contribution is -0.120. The highest BCUT2D eigenvalue weighted by Crippen LogP contribution is 2.33. The lowest BCUT2D eigenvalue weighted by Gasteiger charge is -2.27. The number of nitrogens with zero attached hydrogens (tertiary/aromatic N) is 1. The van der Waals surface area contributed by atoms with E-state index >= 15 is 0 Å². The monoisotopic (exact) mass is 506 g/mol. The van der Waals surface area contributed by atoms with E-state index in [4.69, 9.17) is 4.74 Å². The summed E-state index contributed by atoms with van der Waals surface area (Å²) < 4.78 is 34.1. The number of hydrogen-bond donors (Lipinski definition) is 1. The second-order valence-electron chi connectivity index (χ2n) is 9.52. The molecule has 1 atom stereocenters. The van der Waals surface area contributed by atoms with Gasteiger partial charge in [0.25, 0.3) is 10.0 Å². The molecule has 0 radical (unpaired) electrons. The van der Waals surface area contributed by atoms with E-state index in [9.17, 15) is 13.2 Å². The molecule has 1 amide bonds. The molecule has 0 fully saturated rings. The molecule has 0 saturated carbocycles. The molecule has 36 heavy (non-hydrogen) atoms. The normalized spacial score (nSPS) is 14.0. The first-order valence-corrected chi connectivity index (χ1v) is 13.8. The molecule has 0 heterocycles. The van der Waals surface area contributed by atoms with Crippen LogP contribution in [0.5, 0.6) is 5.75 Å². The highest BCUT2D eigenvalue weighted by atomic mass is 32.2. The van der Waals surface area contributed by atoms with Crippen molar-refractivity contribution in [1.29, 1.82) is 0 Å². The van der Waals surface area contributed by atoms with E-state index in [-0.39, 0.29) is 23.4 Å². The summed E-state index contributed by atoms with van der Waals surface area (Å²) in [6.07, 6.45) is 4.55. The molecule has 0 bridgehead atoms. The van der Waals surface area contributed by atoms with E-state index in [1.807, 2.05) is 26.8 Å². The molecule has 0 saturated heterocycles. The second kappa shape index (κ2) is 10.7. The third-order valence-corrected chi connectivity index (χ3v) is 8.52. The van der Waals surface area contributed by atoms with Crippen LogP contribution in [0.25, 0.3) is 0 Å². The Balaban J connectivity index is 1.63. The van der Waals surface area contributed by atoms with Crippen molar-refractivity contribution in [3.63, 3.8) is 0 Å². The molecule has 190 valence electrons. The Labute approximate surface area is 214 Å². The molecule has 0 spiro atoms. The molecule has 1 aliphatic carbocycles. The molecule has 0 aliphatic heterocycles. The molecule has 0 unspecified atom stereocenters. The van der Waals surface area contributed by atoms with E-state index in [1.54, 1.807) is 36.4 Å². The Morgan fingerprint density at radius 2 is 1.61 bits per heavy atom. The number of carbonyl (C=O) groups is 1. The molecular formula is C29H34N2O4S. The highest BCUT2D eigenvalue weighted by Gasteiger charge is 2.30. The van der Waals surface area contributed by atoms with Crippen molar-refractivity contribution < 1.29 is 17.9 Å². The zero-order valence-corrected chi connectivity index (χ0v) is 22.2. The maximum Gasteiger partial charge on any atom is 0.264 e. The van der Waals surface area contributed by atoms with Crippen molar-refractivity contribution in [3.8, 4) is 5.75 Å². The summed E-state index contributed by atoms with van der Waals surface area (Å²) in [6, 6.07) is 18.0. The average Bonchev–Trinajstić information content (AvgIpc) is 2.87. The molecule has 6 nitrogen and oxygen atoms in total. The molecule has 1 aliphatic rings. The number of sulfonamides is 1. The second-order valence-corrected chi connectivity index (χ2v) is 11.4. The van der Waals surface area contributed by atoms with E-state index in [1.165, 1.54) is 31.1 Å². The summed E-state index contributed by atoms with van der Waals surface area (Å²) in [7, 11) is -2.55. The zero-order valence-electron chi connectivity index (χ0n) is 21.4. The van der Waals surface area contributed by atoms with Crippen LogP contribution in [0.15, 0.2) is 65.6 Å². The van der Waals surface area contributed by atoms with Gasteiger partial charge in [-0.25, -0.2) is 8.42 Å². The van der Waals surface area contributed by atoms with Crippen LogP contribution in [0.2, 0.25) is 0 Å². The number of nitrogens with one attached hydrogen (secondary N) is 1. The first-order chi connectivity index (χ1) is 17.2. The number of benzene rings is 3. The van der Waals surface area contributed by atoms with Gasteiger partial charge in [-0.2, -0.15) is 0 Å². The van der Waals surface area contributed by atoms with Crippen LogP contribution in [-0.4, -0.2) is 28.0 Å². The first kappa shape index (κ1) is 25.8. The van der Waals surface area contributed by atoms with E-state index < -0.39 is 10.0 Å². The summed E-state index contributed by atoms with van der Waals surface area (Å²) in [5, 5.41) is 3.00. The number of carbonyl (C=O) groups excluding carboxylic acids is 1. The maximum atomic E-state index is 13.8.